The number of carboxylic acid groups (broad SMARTS) is 1. The van der Waals surface area contributed by atoms with Gasteiger partial charge in [-0.15, -0.1) is 13.2 Å². The predicted molar refractivity (Wildman–Crippen MR) is 89.1 cm³/mol. The van der Waals surface area contributed by atoms with Crippen LogP contribution in [0.4, 0.5) is 13.2 Å². The van der Waals surface area contributed by atoms with Crippen LogP contribution in [0.1, 0.15) is 22.6 Å². The average Bonchev–Trinajstić information content (AvgIpc) is 2.61. The Morgan fingerprint density at radius 2 is 1.78 bits per heavy atom. The summed E-state index contributed by atoms with van der Waals surface area (Å²) < 4.78 is 40.4. The first kappa shape index (κ1) is 18.8. The highest BCUT2D eigenvalue weighted by molar-refractivity contribution is 5.82. The number of hydrogen-bond acceptors (Lipinski definition) is 3. The Bertz CT molecular complexity index is 849. The zero-order valence-corrected chi connectivity index (χ0v) is 14.1. The van der Waals surface area contributed by atoms with Crippen molar-refractivity contribution in [2.75, 3.05) is 6.54 Å². The minimum absolute atomic E-state index is 0.0409. The molecule has 0 bridgehead atoms. The van der Waals surface area contributed by atoms with Crippen LogP contribution in [0.5, 0.6) is 5.75 Å². The molecule has 2 aromatic rings. The Kier molecular flexibility index (Phi) is 5.07. The Labute approximate surface area is 153 Å². The summed E-state index contributed by atoms with van der Waals surface area (Å²) in [6.45, 7) is 0.356. The molecule has 5 nitrogen and oxygen atoms in total. The van der Waals surface area contributed by atoms with Gasteiger partial charge >= 0.3 is 12.3 Å². The van der Waals surface area contributed by atoms with Gasteiger partial charge in [0.15, 0.2) is 0 Å². The van der Waals surface area contributed by atoms with Crippen LogP contribution in [0.15, 0.2) is 48.5 Å². The highest BCUT2D eigenvalue weighted by atomic mass is 19.4. The Morgan fingerprint density at radius 1 is 1.11 bits per heavy atom. The van der Waals surface area contributed by atoms with E-state index in [2.05, 4.69) is 4.74 Å². The molecule has 8 heteroatoms. The zero-order chi connectivity index (χ0) is 19.6. The number of nitrogens with zero attached hydrogens (tertiary/aromatic N) is 1. The van der Waals surface area contributed by atoms with E-state index in [0.29, 0.717) is 17.7 Å². The minimum Gasteiger partial charge on any atom is -0.481 e. The number of aliphatic carboxylic acids is 1. The molecule has 3 rings (SSSR count). The first-order valence-corrected chi connectivity index (χ1v) is 8.16. The van der Waals surface area contributed by atoms with Gasteiger partial charge in [0.25, 0.3) is 0 Å². The number of carbonyl (C=O) groups excluding carboxylic acids is 1. The van der Waals surface area contributed by atoms with Crippen LogP contribution in [0, 0.1) is 0 Å². The van der Waals surface area contributed by atoms with Gasteiger partial charge in [-0.3, -0.25) is 9.59 Å². The molecule has 1 unspecified atom stereocenters. The monoisotopic (exact) mass is 379 g/mol. The van der Waals surface area contributed by atoms with Crippen molar-refractivity contribution in [2.45, 2.75) is 25.2 Å². The van der Waals surface area contributed by atoms with Crippen LogP contribution in [0.2, 0.25) is 0 Å². The van der Waals surface area contributed by atoms with Crippen molar-refractivity contribution in [3.63, 3.8) is 0 Å². The smallest absolute Gasteiger partial charge is 0.481 e. The van der Waals surface area contributed by atoms with Crippen molar-refractivity contribution >= 4 is 11.9 Å². The fourth-order valence-electron chi connectivity index (χ4n) is 3.10. The molecule has 0 radical (unpaired) electrons. The SMILES string of the molecule is O=C(O)C1CN(C(=O)Cc2ccc(OC(F)(F)F)cc2)Cc2ccccc21. The maximum absolute atomic E-state index is 12.6. The molecule has 1 aliphatic rings. The van der Waals surface area contributed by atoms with E-state index in [4.69, 9.17) is 0 Å². The molecule has 0 aromatic heterocycles. The third-order valence-corrected chi connectivity index (χ3v) is 4.36. The summed E-state index contributed by atoms with van der Waals surface area (Å²) in [6, 6.07) is 12.1. The highest BCUT2D eigenvalue weighted by Crippen LogP contribution is 2.29. The largest absolute Gasteiger partial charge is 0.573 e. The first-order valence-electron chi connectivity index (χ1n) is 8.16. The van der Waals surface area contributed by atoms with Crippen molar-refractivity contribution < 1.29 is 32.6 Å². The maximum Gasteiger partial charge on any atom is 0.573 e. The molecule has 1 aliphatic heterocycles. The van der Waals surface area contributed by atoms with E-state index < -0.39 is 18.2 Å². The van der Waals surface area contributed by atoms with Crippen molar-refractivity contribution in [3.8, 4) is 5.75 Å². The van der Waals surface area contributed by atoms with Gasteiger partial charge in [-0.25, -0.2) is 0 Å². The van der Waals surface area contributed by atoms with Crippen LogP contribution in [0.25, 0.3) is 0 Å². The second-order valence-corrected chi connectivity index (χ2v) is 6.23. The summed E-state index contributed by atoms with van der Waals surface area (Å²) in [4.78, 5) is 25.6. The third-order valence-electron chi connectivity index (χ3n) is 4.36. The van der Waals surface area contributed by atoms with E-state index in [1.54, 1.807) is 24.3 Å². The summed E-state index contributed by atoms with van der Waals surface area (Å²) in [5, 5.41) is 9.45. The molecule has 0 saturated heterocycles. The molecule has 1 heterocycles. The molecule has 1 atom stereocenters. The number of ether oxygens (including phenoxy) is 1. The predicted octanol–water partition coefficient (Wildman–Crippen LogP) is 3.34. The Balaban J connectivity index is 1.70. The van der Waals surface area contributed by atoms with Gasteiger partial charge in [-0.05, 0) is 28.8 Å². The summed E-state index contributed by atoms with van der Waals surface area (Å²) in [5.41, 5.74) is 1.99. The highest BCUT2D eigenvalue weighted by Gasteiger charge is 2.33. The molecule has 1 N–H and O–H groups in total. The summed E-state index contributed by atoms with van der Waals surface area (Å²) in [7, 11) is 0. The molecule has 0 fully saturated rings. The lowest BCUT2D eigenvalue weighted by Crippen LogP contribution is -2.41. The maximum atomic E-state index is 12.6. The molecular formula is C19H16F3NO4. The van der Waals surface area contributed by atoms with E-state index >= 15 is 0 Å². The molecule has 142 valence electrons. The van der Waals surface area contributed by atoms with Gasteiger partial charge in [0.05, 0.1) is 12.3 Å². The number of carboxylic acids is 1. The second kappa shape index (κ2) is 7.30. The molecule has 0 saturated carbocycles. The molecular weight excluding hydrogens is 363 g/mol. The number of alkyl halides is 3. The number of carbonyl (C=O) groups is 2. The first-order chi connectivity index (χ1) is 12.7. The quantitative estimate of drug-likeness (QED) is 0.885. The lowest BCUT2D eigenvalue weighted by molar-refractivity contribution is -0.274. The summed E-state index contributed by atoms with van der Waals surface area (Å²) in [6.07, 6.45) is -4.81. The molecule has 2 aromatic carbocycles. The molecule has 27 heavy (non-hydrogen) atoms. The minimum atomic E-state index is -4.77. The average molecular weight is 379 g/mol. The summed E-state index contributed by atoms with van der Waals surface area (Å²) >= 11 is 0. The van der Waals surface area contributed by atoms with Gasteiger partial charge in [0.1, 0.15) is 5.75 Å². The normalized spacial score (nSPS) is 16.6. The Hall–Kier alpha value is -3.03. The van der Waals surface area contributed by atoms with E-state index in [1.165, 1.54) is 17.0 Å². The molecule has 0 spiro atoms. The van der Waals surface area contributed by atoms with Crippen LogP contribution in [-0.2, 0) is 22.6 Å². The van der Waals surface area contributed by atoms with Crippen LogP contribution < -0.4 is 4.74 Å². The van der Waals surface area contributed by atoms with E-state index in [0.717, 1.165) is 17.7 Å². The second-order valence-electron chi connectivity index (χ2n) is 6.23. The number of amides is 1. The molecule has 1 amide bonds. The van der Waals surface area contributed by atoms with Crippen molar-refractivity contribution in [1.82, 2.24) is 4.90 Å². The number of benzene rings is 2. The fraction of sp³-hybridized carbons (Fsp3) is 0.263. The number of halogens is 3. The number of fused-ring (bicyclic) bond motifs is 1. The van der Waals surface area contributed by atoms with Gasteiger partial charge in [-0.2, -0.15) is 0 Å². The standard InChI is InChI=1S/C19H16F3NO4/c20-19(21,22)27-14-7-5-12(6-8-14)9-17(24)23-10-13-3-1-2-4-15(13)16(11-23)18(25)26/h1-8,16H,9-11H2,(H,25,26). The number of rotatable bonds is 4. The van der Waals surface area contributed by atoms with Gasteiger partial charge in [0, 0.05) is 13.1 Å². The van der Waals surface area contributed by atoms with Crippen molar-refractivity contribution in [3.05, 3.63) is 65.2 Å². The van der Waals surface area contributed by atoms with E-state index in [9.17, 15) is 27.9 Å². The van der Waals surface area contributed by atoms with E-state index in [1.807, 2.05) is 0 Å². The summed E-state index contributed by atoms with van der Waals surface area (Å²) in [5.74, 6) is -2.47. The lowest BCUT2D eigenvalue weighted by atomic mass is 9.89. The van der Waals surface area contributed by atoms with Crippen molar-refractivity contribution in [1.29, 1.82) is 0 Å². The van der Waals surface area contributed by atoms with Crippen molar-refractivity contribution in [2.24, 2.45) is 0 Å². The van der Waals surface area contributed by atoms with Crippen LogP contribution in [-0.4, -0.2) is 34.8 Å². The van der Waals surface area contributed by atoms with Crippen LogP contribution in [0.3, 0.4) is 0 Å². The van der Waals surface area contributed by atoms with E-state index in [-0.39, 0.29) is 24.6 Å². The van der Waals surface area contributed by atoms with Gasteiger partial charge in [-0.1, -0.05) is 36.4 Å². The van der Waals surface area contributed by atoms with Gasteiger partial charge in [0.2, 0.25) is 5.91 Å². The Morgan fingerprint density at radius 3 is 2.41 bits per heavy atom. The lowest BCUT2D eigenvalue weighted by Gasteiger charge is -2.33. The van der Waals surface area contributed by atoms with Gasteiger partial charge < -0.3 is 14.7 Å². The molecule has 0 aliphatic carbocycles. The van der Waals surface area contributed by atoms with Crippen LogP contribution >= 0.6 is 0 Å². The zero-order valence-electron chi connectivity index (χ0n) is 14.1. The fourth-order valence-corrected chi connectivity index (χ4v) is 3.10. The number of hydrogen-bond donors (Lipinski definition) is 1. The topological polar surface area (TPSA) is 66.8 Å². The third kappa shape index (κ3) is 4.58.